The van der Waals surface area contributed by atoms with Gasteiger partial charge in [-0.2, -0.15) is 5.10 Å². The first-order chi connectivity index (χ1) is 9.19. The Morgan fingerprint density at radius 1 is 1.32 bits per heavy atom. The number of methoxy groups -OCH3 is 1. The molecule has 0 saturated heterocycles. The molecule has 3 N–H and O–H groups in total. The first kappa shape index (κ1) is 13.1. The third kappa shape index (κ3) is 3.56. The summed E-state index contributed by atoms with van der Waals surface area (Å²) in [6, 6.07) is 11.3. The molecule has 6 heteroatoms. The Hall–Kier alpha value is -2.34. The summed E-state index contributed by atoms with van der Waals surface area (Å²) in [6.07, 6.45) is 1.51. The van der Waals surface area contributed by atoms with Crippen molar-refractivity contribution in [2.75, 3.05) is 7.11 Å². The first-order valence-corrected chi connectivity index (χ1v) is 5.92. The smallest absolute Gasteiger partial charge is 0.184 e. The maximum Gasteiger partial charge on any atom is 0.184 e. The quantitative estimate of drug-likeness (QED) is 0.508. The number of hydrazone groups is 1. The Labute approximate surface area is 116 Å². The molecule has 0 saturated carbocycles. The van der Waals surface area contributed by atoms with Gasteiger partial charge in [-0.05, 0) is 48.6 Å². The van der Waals surface area contributed by atoms with Crippen molar-refractivity contribution in [3.05, 3.63) is 42.2 Å². The molecule has 0 aliphatic heterocycles. The van der Waals surface area contributed by atoms with Crippen molar-refractivity contribution in [2.45, 2.75) is 0 Å². The van der Waals surface area contributed by atoms with Crippen LogP contribution in [0.5, 0.6) is 5.75 Å². The van der Waals surface area contributed by atoms with Gasteiger partial charge >= 0.3 is 0 Å². The third-order valence-corrected chi connectivity index (χ3v) is 2.46. The summed E-state index contributed by atoms with van der Waals surface area (Å²) >= 11 is 4.63. The molecule has 0 unspecified atom stereocenters. The van der Waals surface area contributed by atoms with Gasteiger partial charge in [-0.15, -0.1) is 0 Å². The van der Waals surface area contributed by atoms with E-state index in [0.717, 1.165) is 17.1 Å². The molecule has 0 aliphatic carbocycles. The molecule has 1 aromatic carbocycles. The van der Waals surface area contributed by atoms with Gasteiger partial charge in [0.25, 0.3) is 0 Å². The molecule has 0 fully saturated rings. The number of ether oxygens (including phenoxy) is 1. The van der Waals surface area contributed by atoms with Crippen molar-refractivity contribution in [2.24, 2.45) is 10.8 Å². The fourth-order valence-electron chi connectivity index (χ4n) is 1.49. The lowest BCUT2D eigenvalue weighted by Crippen LogP contribution is -2.23. The molecule has 0 aliphatic rings. The summed E-state index contributed by atoms with van der Waals surface area (Å²) in [4.78, 5) is 0. The van der Waals surface area contributed by atoms with Gasteiger partial charge in [0.2, 0.25) is 0 Å². The molecule has 5 nitrogen and oxygen atoms in total. The SMILES string of the molecule is COc1ccc(-c2ccc(/C=N\NC(N)=S)o2)cc1. The van der Waals surface area contributed by atoms with Crippen molar-refractivity contribution < 1.29 is 9.15 Å². The monoisotopic (exact) mass is 275 g/mol. The molecular formula is C13H13N3O2S. The fourth-order valence-corrected chi connectivity index (χ4v) is 1.54. The van der Waals surface area contributed by atoms with Crippen LogP contribution in [0.1, 0.15) is 5.76 Å². The van der Waals surface area contributed by atoms with Gasteiger partial charge in [0.1, 0.15) is 17.3 Å². The van der Waals surface area contributed by atoms with Crippen LogP contribution in [-0.4, -0.2) is 18.4 Å². The van der Waals surface area contributed by atoms with Crippen LogP contribution in [0.15, 0.2) is 45.9 Å². The van der Waals surface area contributed by atoms with Crippen LogP contribution in [-0.2, 0) is 0 Å². The van der Waals surface area contributed by atoms with Crippen molar-refractivity contribution in [3.8, 4) is 17.1 Å². The van der Waals surface area contributed by atoms with Gasteiger partial charge in [0, 0.05) is 5.56 Å². The lowest BCUT2D eigenvalue weighted by atomic mass is 10.2. The zero-order chi connectivity index (χ0) is 13.7. The Morgan fingerprint density at radius 3 is 2.68 bits per heavy atom. The second kappa shape index (κ2) is 6.01. The number of nitrogens with one attached hydrogen (secondary N) is 1. The van der Waals surface area contributed by atoms with Crippen LogP contribution in [0, 0.1) is 0 Å². The molecule has 1 heterocycles. The molecule has 2 aromatic rings. The lowest BCUT2D eigenvalue weighted by molar-refractivity contribution is 0.415. The Balaban J connectivity index is 2.11. The van der Waals surface area contributed by atoms with Crippen LogP contribution in [0.25, 0.3) is 11.3 Å². The highest BCUT2D eigenvalue weighted by molar-refractivity contribution is 7.80. The van der Waals surface area contributed by atoms with Crippen LogP contribution in [0.3, 0.4) is 0 Å². The highest BCUT2D eigenvalue weighted by Crippen LogP contribution is 2.23. The molecule has 0 bridgehead atoms. The van der Waals surface area contributed by atoms with Crippen molar-refractivity contribution in [1.29, 1.82) is 0 Å². The molecular weight excluding hydrogens is 262 g/mol. The zero-order valence-electron chi connectivity index (χ0n) is 10.3. The number of furan rings is 1. The number of benzene rings is 1. The van der Waals surface area contributed by atoms with E-state index in [2.05, 4.69) is 22.7 Å². The minimum atomic E-state index is 0.109. The minimum absolute atomic E-state index is 0.109. The van der Waals surface area contributed by atoms with Crippen molar-refractivity contribution >= 4 is 23.5 Å². The average molecular weight is 275 g/mol. The largest absolute Gasteiger partial charge is 0.497 e. The van der Waals surface area contributed by atoms with Gasteiger partial charge in [0.15, 0.2) is 5.11 Å². The predicted molar refractivity (Wildman–Crippen MR) is 78.2 cm³/mol. The highest BCUT2D eigenvalue weighted by atomic mass is 32.1. The molecule has 0 radical (unpaired) electrons. The molecule has 2 rings (SSSR count). The number of hydrogen-bond acceptors (Lipinski definition) is 4. The minimum Gasteiger partial charge on any atom is -0.497 e. The standard InChI is InChI=1S/C13H13N3O2S/c1-17-10-4-2-9(3-5-10)12-7-6-11(18-12)8-15-16-13(14)19/h2-8H,1H3,(H3,14,16,19)/b15-8-. The van der Waals surface area contributed by atoms with Crippen LogP contribution in [0.4, 0.5) is 0 Å². The predicted octanol–water partition coefficient (Wildman–Crippen LogP) is 2.12. The summed E-state index contributed by atoms with van der Waals surface area (Å²) in [7, 11) is 1.63. The number of nitrogens with two attached hydrogens (primary N) is 1. The van der Waals surface area contributed by atoms with Crippen LogP contribution in [0.2, 0.25) is 0 Å². The molecule has 98 valence electrons. The second-order valence-electron chi connectivity index (χ2n) is 3.66. The summed E-state index contributed by atoms with van der Waals surface area (Å²) in [5, 5.41) is 3.93. The van der Waals surface area contributed by atoms with E-state index in [1.165, 1.54) is 6.21 Å². The van der Waals surface area contributed by atoms with Gasteiger partial charge < -0.3 is 14.9 Å². The molecule has 1 aromatic heterocycles. The first-order valence-electron chi connectivity index (χ1n) is 5.52. The Bertz CT molecular complexity index is 590. The summed E-state index contributed by atoms with van der Waals surface area (Å²) in [6.45, 7) is 0. The number of rotatable bonds is 4. The zero-order valence-corrected chi connectivity index (χ0v) is 11.1. The molecule has 0 spiro atoms. The summed E-state index contributed by atoms with van der Waals surface area (Å²) in [5.74, 6) is 2.16. The van der Waals surface area contributed by atoms with Crippen molar-refractivity contribution in [3.63, 3.8) is 0 Å². The molecule has 19 heavy (non-hydrogen) atoms. The summed E-state index contributed by atoms with van der Waals surface area (Å²) in [5.41, 5.74) is 8.67. The second-order valence-corrected chi connectivity index (χ2v) is 4.10. The van der Waals surface area contributed by atoms with Gasteiger partial charge in [-0.25, -0.2) is 0 Å². The van der Waals surface area contributed by atoms with E-state index in [1.807, 2.05) is 36.4 Å². The van der Waals surface area contributed by atoms with Crippen LogP contribution < -0.4 is 15.9 Å². The fraction of sp³-hybridized carbons (Fsp3) is 0.0769. The van der Waals surface area contributed by atoms with E-state index in [0.29, 0.717) is 5.76 Å². The van der Waals surface area contributed by atoms with Crippen molar-refractivity contribution in [1.82, 2.24) is 5.43 Å². The maximum atomic E-state index is 5.61. The molecule has 0 atom stereocenters. The third-order valence-electron chi connectivity index (χ3n) is 2.37. The Kier molecular flexibility index (Phi) is 4.15. The Morgan fingerprint density at radius 2 is 2.05 bits per heavy atom. The normalized spacial score (nSPS) is 10.6. The van der Waals surface area contributed by atoms with Gasteiger partial charge in [0.05, 0.1) is 13.3 Å². The number of thiocarbonyl (C=S) groups is 1. The topological polar surface area (TPSA) is 72.8 Å². The van der Waals surface area contributed by atoms with Crippen LogP contribution >= 0.6 is 12.2 Å². The van der Waals surface area contributed by atoms with E-state index >= 15 is 0 Å². The van der Waals surface area contributed by atoms with E-state index in [9.17, 15) is 0 Å². The van der Waals surface area contributed by atoms with E-state index in [4.69, 9.17) is 14.9 Å². The van der Waals surface area contributed by atoms with Gasteiger partial charge in [-0.1, -0.05) is 0 Å². The number of hydrogen-bond donors (Lipinski definition) is 2. The highest BCUT2D eigenvalue weighted by Gasteiger charge is 2.03. The lowest BCUT2D eigenvalue weighted by Gasteiger charge is -2.00. The number of nitrogens with zero attached hydrogens (tertiary/aromatic N) is 1. The van der Waals surface area contributed by atoms with E-state index in [-0.39, 0.29) is 5.11 Å². The van der Waals surface area contributed by atoms with E-state index < -0.39 is 0 Å². The average Bonchev–Trinajstić information content (AvgIpc) is 2.87. The molecule has 0 amide bonds. The van der Waals surface area contributed by atoms with Gasteiger partial charge in [-0.3, -0.25) is 5.43 Å². The maximum absolute atomic E-state index is 5.61. The summed E-state index contributed by atoms with van der Waals surface area (Å²) < 4.78 is 10.7. The van der Waals surface area contributed by atoms with E-state index in [1.54, 1.807) is 7.11 Å².